The fraction of sp³-hybridized carbons (Fsp3) is 0.489. The number of benzene rings is 3. The number of rotatable bonds is 13. The average Bonchev–Trinajstić information content (AvgIpc) is 3.36. The van der Waals surface area contributed by atoms with E-state index in [1.165, 1.54) is 32.1 Å². The third kappa shape index (κ3) is 11.2. The Morgan fingerprint density at radius 3 is 1.87 bits per heavy atom. The van der Waals surface area contributed by atoms with Gasteiger partial charge in [0.2, 0.25) is 29.5 Å². The molecule has 0 spiro atoms. The van der Waals surface area contributed by atoms with Crippen LogP contribution < -0.4 is 14.9 Å². The second kappa shape index (κ2) is 22.2. The Morgan fingerprint density at radius 2 is 1.20 bits per heavy atom. The molecule has 0 amide bonds. The van der Waals surface area contributed by atoms with E-state index < -0.39 is 210 Å². The summed E-state index contributed by atoms with van der Waals surface area (Å²) in [5.41, 5.74) is -1.86. The number of carbonyl (C=O) groups excluding carboxylic acids is 1. The summed E-state index contributed by atoms with van der Waals surface area (Å²) in [6, 6.07) is 7.05. The number of phenols is 6. The lowest BCUT2D eigenvalue weighted by molar-refractivity contribution is -0.355. The third-order valence-corrected chi connectivity index (χ3v) is 12.8. The minimum Gasteiger partial charge on any atom is -0.508 e. The topological polar surface area (TPSA) is 454 Å². The van der Waals surface area contributed by atoms with Crippen LogP contribution in [0.2, 0.25) is 0 Å². The zero-order valence-corrected chi connectivity index (χ0v) is 39.1. The molecule has 1 aromatic heterocycles. The van der Waals surface area contributed by atoms with E-state index in [9.17, 15) is 91.3 Å². The molecular formula is C47H54O28. The first-order valence-electron chi connectivity index (χ1n) is 22.9. The monoisotopic (exact) mass is 1070 g/mol. The fourth-order valence-corrected chi connectivity index (χ4v) is 8.52. The minimum atomic E-state index is -2.13. The van der Waals surface area contributed by atoms with E-state index in [4.69, 9.17) is 47.0 Å². The minimum absolute atomic E-state index is 0.280. The van der Waals surface area contributed by atoms with Crippen molar-refractivity contribution < 1.29 is 134 Å². The molecule has 4 fully saturated rings. The molecule has 5 heterocycles. The lowest BCUT2D eigenvalue weighted by Gasteiger charge is -2.45. The molecule has 4 aliphatic heterocycles. The van der Waals surface area contributed by atoms with E-state index >= 15 is 0 Å². The molecule has 0 aliphatic carbocycles. The number of aliphatic hydroxyl groups excluding tert-OH is 10. The Balaban J connectivity index is 1.04. The fourth-order valence-electron chi connectivity index (χ4n) is 8.52. The number of phenolic OH excluding ortho intramolecular Hbond substituents is 6. The van der Waals surface area contributed by atoms with Crippen molar-refractivity contribution in [1.82, 2.24) is 0 Å². The predicted molar refractivity (Wildman–Crippen MR) is 242 cm³/mol. The normalized spacial score (nSPS) is 35.3. The van der Waals surface area contributed by atoms with Crippen LogP contribution in [0.5, 0.6) is 46.0 Å². The van der Waals surface area contributed by atoms with Gasteiger partial charge in [-0.25, -0.2) is 4.79 Å². The molecule has 0 radical (unpaired) electrons. The molecule has 4 aliphatic rings. The summed E-state index contributed by atoms with van der Waals surface area (Å²) >= 11 is 0. The first-order valence-corrected chi connectivity index (χ1v) is 22.9. The van der Waals surface area contributed by atoms with Gasteiger partial charge in [0.15, 0.2) is 47.4 Å². The van der Waals surface area contributed by atoms with Gasteiger partial charge in [0.1, 0.15) is 102 Å². The highest BCUT2D eigenvalue weighted by atomic mass is 16.8. The van der Waals surface area contributed by atoms with Gasteiger partial charge in [-0.2, -0.15) is 0 Å². The maximum Gasteiger partial charge on any atom is 0.330 e. The quantitative estimate of drug-likeness (QED) is 0.0353. The summed E-state index contributed by atoms with van der Waals surface area (Å²) in [5, 5.41) is 170. The van der Waals surface area contributed by atoms with Crippen molar-refractivity contribution in [2.24, 2.45) is 0 Å². The molecule has 19 atom stereocenters. The molecule has 0 saturated carbocycles. The molecule has 0 unspecified atom stereocenters. The van der Waals surface area contributed by atoms with E-state index in [0.29, 0.717) is 0 Å². The zero-order valence-electron chi connectivity index (χ0n) is 39.1. The highest BCUT2D eigenvalue weighted by molar-refractivity contribution is 5.89. The zero-order chi connectivity index (χ0) is 54.5. The second-order valence-corrected chi connectivity index (χ2v) is 18.1. The van der Waals surface area contributed by atoms with Gasteiger partial charge in [0, 0.05) is 23.8 Å². The van der Waals surface area contributed by atoms with Crippen molar-refractivity contribution in [2.45, 2.75) is 131 Å². The first kappa shape index (κ1) is 55.1. The van der Waals surface area contributed by atoms with Crippen LogP contribution >= 0.6 is 0 Å². The second-order valence-electron chi connectivity index (χ2n) is 18.1. The van der Waals surface area contributed by atoms with Crippen molar-refractivity contribution in [3.8, 4) is 57.3 Å². The van der Waals surface area contributed by atoms with Gasteiger partial charge >= 0.3 is 5.97 Å². The van der Waals surface area contributed by atoms with Crippen LogP contribution in [0.25, 0.3) is 28.4 Å². The average molecular weight is 1070 g/mol. The number of carbonyl (C=O) groups is 1. The van der Waals surface area contributed by atoms with Crippen molar-refractivity contribution in [3.63, 3.8) is 0 Å². The molecule has 28 heteroatoms. The Kier molecular flexibility index (Phi) is 16.3. The summed E-state index contributed by atoms with van der Waals surface area (Å²) < 4.78 is 56.4. The van der Waals surface area contributed by atoms with E-state index in [2.05, 4.69) is 0 Å². The predicted octanol–water partition coefficient (Wildman–Crippen LogP) is -3.34. The largest absolute Gasteiger partial charge is 0.508 e. The Morgan fingerprint density at radius 1 is 0.600 bits per heavy atom. The Bertz CT molecular complexity index is 2760. The van der Waals surface area contributed by atoms with Gasteiger partial charge in [-0.15, -0.1) is 0 Å². The van der Waals surface area contributed by atoms with Gasteiger partial charge in [-0.05, 0) is 49.8 Å². The molecule has 410 valence electrons. The van der Waals surface area contributed by atoms with Crippen LogP contribution in [0.3, 0.4) is 0 Å². The Labute approximate surface area is 421 Å². The van der Waals surface area contributed by atoms with Gasteiger partial charge in [0.05, 0.1) is 18.8 Å². The molecule has 4 saturated heterocycles. The lowest BCUT2D eigenvalue weighted by atomic mass is 9.97. The maximum absolute atomic E-state index is 14.4. The molecule has 16 N–H and O–H groups in total. The molecule has 28 nitrogen and oxygen atoms in total. The summed E-state index contributed by atoms with van der Waals surface area (Å²) in [6.45, 7) is 1.31. The van der Waals surface area contributed by atoms with Gasteiger partial charge < -0.3 is 129 Å². The molecule has 75 heavy (non-hydrogen) atoms. The summed E-state index contributed by atoms with van der Waals surface area (Å²) in [7, 11) is 0. The van der Waals surface area contributed by atoms with E-state index in [1.807, 2.05) is 0 Å². The molecular weight excluding hydrogens is 1010 g/mol. The van der Waals surface area contributed by atoms with Crippen molar-refractivity contribution >= 4 is 23.0 Å². The number of aromatic hydroxyl groups is 6. The van der Waals surface area contributed by atoms with Gasteiger partial charge in [0.25, 0.3) is 0 Å². The number of aliphatic hydroxyl groups is 10. The SMILES string of the molecule is C[C@@H]1O[C@@H](O[C@@H]2CO[C@@H](Oc3c(O)cc(-c4oc5cc(O)cc(O)c5c(=O)c4O[C@@H]4O[C@@H](C)[C@H](O)[C@@H](O)[C@H]4O[C@@H]4O[C@H](COC(=O)/C=C/c5ccc(O)c(O)c5)[C@@H](O)[C@H](O)[C@H]4O)cc3O)[C@H](O)[C@H]2O)[C@H](O)[C@H](O)[C@H]1O. The standard InChI is InChI=1S/C47H54O28/c1-14-29(55)34(60)38(64)45(68-14)71-26-13-67-44(37(63)32(26)58)73-41-22(52)8-17(9-23(41)53)40-42(33(59)28-21(51)10-18(48)11-24(28)70-40)74-47-43(36(62)30(56)15(2)69-47)75-46-39(65)35(61)31(57)25(72-46)12-66-27(54)6-4-16-3-5-19(49)20(50)7-16/h3-11,14-15,25-26,29-32,34-39,43-53,55-58,60-65H,12-13H2,1-2H3/b6-4+/t14-,15-,25+,26+,29-,30-,31+,32-,34+,35-,36+,37+,38+,39+,43+,44-,45-,46-,47-/m0/s1. The number of hydrogen-bond donors (Lipinski definition) is 16. The van der Waals surface area contributed by atoms with Crippen LogP contribution in [0.1, 0.15) is 19.4 Å². The number of ether oxygens (including phenoxy) is 9. The summed E-state index contributed by atoms with van der Waals surface area (Å²) in [4.78, 5) is 27.0. The lowest BCUT2D eigenvalue weighted by Crippen LogP contribution is -2.64. The van der Waals surface area contributed by atoms with E-state index in [-0.39, 0.29) is 5.56 Å². The van der Waals surface area contributed by atoms with Crippen LogP contribution in [0.4, 0.5) is 0 Å². The highest BCUT2D eigenvalue weighted by Gasteiger charge is 2.52. The van der Waals surface area contributed by atoms with E-state index in [0.717, 1.165) is 36.4 Å². The number of hydrogen-bond acceptors (Lipinski definition) is 28. The molecule has 4 aromatic rings. The molecule has 3 aromatic carbocycles. The van der Waals surface area contributed by atoms with Crippen LogP contribution in [0.15, 0.2) is 57.8 Å². The van der Waals surface area contributed by atoms with Gasteiger partial charge in [-0.3, -0.25) is 4.79 Å². The number of esters is 1. The van der Waals surface area contributed by atoms with Crippen molar-refractivity contribution in [3.05, 3.63) is 64.3 Å². The maximum atomic E-state index is 14.4. The summed E-state index contributed by atoms with van der Waals surface area (Å²) in [5.74, 6) is -7.61. The van der Waals surface area contributed by atoms with Crippen LogP contribution in [0, 0.1) is 0 Å². The smallest absolute Gasteiger partial charge is 0.330 e. The first-order chi connectivity index (χ1) is 35.4. The van der Waals surface area contributed by atoms with Crippen LogP contribution in [-0.4, -0.2) is 218 Å². The third-order valence-electron chi connectivity index (χ3n) is 12.8. The highest BCUT2D eigenvalue weighted by Crippen LogP contribution is 2.45. The number of fused-ring (bicyclic) bond motifs is 1. The van der Waals surface area contributed by atoms with E-state index in [1.54, 1.807) is 0 Å². The molecule has 8 rings (SSSR count). The Hall–Kier alpha value is -6.16. The van der Waals surface area contributed by atoms with Crippen molar-refractivity contribution in [1.29, 1.82) is 0 Å². The van der Waals surface area contributed by atoms with Crippen molar-refractivity contribution in [2.75, 3.05) is 13.2 Å². The molecule has 0 bridgehead atoms. The summed E-state index contributed by atoms with van der Waals surface area (Å²) in [6.07, 6.45) is -31.5. The van der Waals surface area contributed by atoms with Gasteiger partial charge in [-0.1, -0.05) is 6.07 Å². The van der Waals surface area contributed by atoms with Crippen LogP contribution in [-0.2, 0) is 38.0 Å².